The highest BCUT2D eigenvalue weighted by Crippen LogP contribution is 2.36. The van der Waals surface area contributed by atoms with Crippen LogP contribution in [0.5, 0.6) is 0 Å². The van der Waals surface area contributed by atoms with Gasteiger partial charge >= 0.3 is 0 Å². The highest BCUT2D eigenvalue weighted by atomic mass is 32.2. The molecule has 0 aliphatic carbocycles. The number of sulfone groups is 1. The molecule has 0 saturated carbocycles. The van der Waals surface area contributed by atoms with E-state index in [2.05, 4.69) is 18.7 Å². The van der Waals surface area contributed by atoms with Gasteiger partial charge < -0.3 is 5.73 Å². The molecule has 2 N–H and O–H groups in total. The van der Waals surface area contributed by atoms with Crippen molar-refractivity contribution < 1.29 is 8.42 Å². The predicted octanol–water partition coefficient (Wildman–Crippen LogP) is 0.328. The highest BCUT2D eigenvalue weighted by molar-refractivity contribution is 8.00. The second-order valence-electron chi connectivity index (χ2n) is 5.28. The summed E-state index contributed by atoms with van der Waals surface area (Å²) in [5, 5.41) is 0.551. The van der Waals surface area contributed by atoms with Gasteiger partial charge in [-0.1, -0.05) is 6.92 Å². The van der Waals surface area contributed by atoms with Gasteiger partial charge in [0.2, 0.25) is 0 Å². The molecule has 100 valence electrons. The summed E-state index contributed by atoms with van der Waals surface area (Å²) in [5.74, 6) is 1.63. The fourth-order valence-electron chi connectivity index (χ4n) is 3.01. The van der Waals surface area contributed by atoms with Gasteiger partial charge in [0.15, 0.2) is 9.84 Å². The number of thioether (sulfide) groups is 1. The van der Waals surface area contributed by atoms with Crippen molar-refractivity contribution in [3.8, 4) is 0 Å². The Morgan fingerprint density at radius 1 is 1.47 bits per heavy atom. The van der Waals surface area contributed by atoms with E-state index in [0.29, 0.717) is 30.0 Å². The lowest BCUT2D eigenvalue weighted by Gasteiger charge is -2.48. The zero-order valence-electron chi connectivity index (χ0n) is 10.6. The molecule has 0 amide bonds. The first-order chi connectivity index (χ1) is 7.90. The van der Waals surface area contributed by atoms with Gasteiger partial charge in [-0.25, -0.2) is 8.42 Å². The highest BCUT2D eigenvalue weighted by Gasteiger charge is 2.48. The van der Waals surface area contributed by atoms with E-state index < -0.39 is 9.84 Å². The van der Waals surface area contributed by atoms with Gasteiger partial charge in [0.25, 0.3) is 0 Å². The summed E-state index contributed by atoms with van der Waals surface area (Å²) in [7, 11) is -2.88. The maximum absolute atomic E-state index is 11.7. The van der Waals surface area contributed by atoms with Crippen LogP contribution in [-0.4, -0.2) is 60.5 Å². The van der Waals surface area contributed by atoms with Crippen LogP contribution < -0.4 is 5.73 Å². The molecule has 0 bridgehead atoms. The van der Waals surface area contributed by atoms with Crippen molar-refractivity contribution in [2.75, 3.05) is 30.3 Å². The van der Waals surface area contributed by atoms with Crippen molar-refractivity contribution in [1.29, 1.82) is 0 Å². The van der Waals surface area contributed by atoms with Crippen molar-refractivity contribution >= 4 is 21.6 Å². The molecule has 3 atom stereocenters. The number of hydrogen-bond donors (Lipinski definition) is 1. The van der Waals surface area contributed by atoms with Crippen LogP contribution in [0.1, 0.15) is 20.3 Å². The normalized spacial score (nSPS) is 42.8. The second kappa shape index (κ2) is 4.72. The lowest BCUT2D eigenvalue weighted by Crippen LogP contribution is -2.62. The molecule has 3 unspecified atom stereocenters. The summed E-state index contributed by atoms with van der Waals surface area (Å²) in [5.41, 5.74) is 5.62. The zero-order valence-corrected chi connectivity index (χ0v) is 12.2. The van der Waals surface area contributed by atoms with Gasteiger partial charge in [0.1, 0.15) is 0 Å². The van der Waals surface area contributed by atoms with Gasteiger partial charge in [-0.2, -0.15) is 11.8 Å². The average Bonchev–Trinajstić information content (AvgIpc) is 2.59. The Bertz CT molecular complexity index is 385. The molecule has 2 heterocycles. The van der Waals surface area contributed by atoms with Gasteiger partial charge in [-0.3, -0.25) is 4.90 Å². The van der Waals surface area contributed by atoms with Crippen molar-refractivity contribution in [3.63, 3.8) is 0 Å². The Labute approximate surface area is 108 Å². The molecule has 2 aliphatic heterocycles. The maximum atomic E-state index is 11.7. The Morgan fingerprint density at radius 2 is 2.18 bits per heavy atom. The molecule has 2 fully saturated rings. The van der Waals surface area contributed by atoms with Crippen molar-refractivity contribution in [2.24, 2.45) is 5.73 Å². The molecule has 0 aromatic carbocycles. The van der Waals surface area contributed by atoms with Crippen LogP contribution in [0.3, 0.4) is 0 Å². The molecular weight excluding hydrogens is 256 g/mol. The third-order valence-corrected chi connectivity index (χ3v) is 7.38. The minimum Gasteiger partial charge on any atom is -0.329 e. The van der Waals surface area contributed by atoms with E-state index in [1.807, 2.05) is 11.8 Å². The Morgan fingerprint density at radius 3 is 2.71 bits per heavy atom. The Hall–Kier alpha value is 0.220. The van der Waals surface area contributed by atoms with Gasteiger partial charge in [0, 0.05) is 35.7 Å². The van der Waals surface area contributed by atoms with Gasteiger partial charge in [-0.15, -0.1) is 0 Å². The molecule has 0 radical (unpaired) electrons. The number of nitrogens with zero attached hydrogens (tertiary/aromatic N) is 1. The maximum Gasteiger partial charge on any atom is 0.152 e. The zero-order chi connectivity index (χ0) is 12.7. The van der Waals surface area contributed by atoms with Crippen LogP contribution in [0, 0.1) is 0 Å². The molecule has 2 saturated heterocycles. The summed E-state index contributed by atoms with van der Waals surface area (Å²) in [6.07, 6.45) is 0.702. The van der Waals surface area contributed by atoms with Crippen LogP contribution in [-0.2, 0) is 9.84 Å². The number of rotatable bonds is 2. The summed E-state index contributed by atoms with van der Waals surface area (Å²) in [6.45, 7) is 5.82. The molecule has 0 aromatic heterocycles. The molecule has 0 spiro atoms. The Kier molecular flexibility index (Phi) is 3.79. The monoisotopic (exact) mass is 278 g/mol. The summed E-state index contributed by atoms with van der Waals surface area (Å²) in [4.78, 5) is 2.36. The van der Waals surface area contributed by atoms with Crippen LogP contribution in [0.2, 0.25) is 0 Å². The molecule has 6 heteroatoms. The fraction of sp³-hybridized carbons (Fsp3) is 1.00. The van der Waals surface area contributed by atoms with Crippen LogP contribution in [0.4, 0.5) is 0 Å². The first-order valence-corrected chi connectivity index (χ1v) is 9.06. The largest absolute Gasteiger partial charge is 0.329 e. The predicted molar refractivity (Wildman–Crippen MR) is 73.1 cm³/mol. The second-order valence-corrected chi connectivity index (χ2v) is 8.95. The third kappa shape index (κ3) is 2.50. The quantitative estimate of drug-likeness (QED) is 0.788. The smallest absolute Gasteiger partial charge is 0.152 e. The number of hydrogen-bond acceptors (Lipinski definition) is 5. The van der Waals surface area contributed by atoms with E-state index in [4.69, 9.17) is 5.73 Å². The topological polar surface area (TPSA) is 63.4 Å². The van der Waals surface area contributed by atoms with Gasteiger partial charge in [-0.05, 0) is 13.3 Å². The SMILES string of the molecule is CC1SCCN(C2(CN)CCS(=O)(=O)C2)C1C. The van der Waals surface area contributed by atoms with Crippen molar-refractivity contribution in [3.05, 3.63) is 0 Å². The van der Waals surface area contributed by atoms with E-state index >= 15 is 0 Å². The molecule has 2 aliphatic rings. The minimum absolute atomic E-state index is 0.248. The standard InChI is InChI=1S/C11H22N2O2S2/c1-9-10(2)16-5-4-13(9)11(7-12)3-6-17(14,15)8-11/h9-10H,3-8,12H2,1-2H3. The van der Waals surface area contributed by atoms with E-state index in [0.717, 1.165) is 12.3 Å². The summed E-state index contributed by atoms with van der Waals surface area (Å²) in [6, 6.07) is 0.408. The third-order valence-electron chi connectivity index (χ3n) is 4.24. The minimum atomic E-state index is -2.88. The molecule has 2 rings (SSSR count). The van der Waals surface area contributed by atoms with Crippen LogP contribution in [0.25, 0.3) is 0 Å². The fourth-order valence-corrected chi connectivity index (χ4v) is 6.19. The van der Waals surface area contributed by atoms with E-state index in [1.54, 1.807) is 0 Å². The molecular formula is C11H22N2O2S2. The molecule has 0 aromatic rings. The summed E-state index contributed by atoms with van der Waals surface area (Å²) >= 11 is 1.97. The van der Waals surface area contributed by atoms with E-state index in [-0.39, 0.29) is 11.3 Å². The van der Waals surface area contributed by atoms with Crippen LogP contribution in [0.15, 0.2) is 0 Å². The first-order valence-electron chi connectivity index (χ1n) is 6.19. The summed E-state index contributed by atoms with van der Waals surface area (Å²) < 4.78 is 23.5. The Balaban J connectivity index is 2.24. The number of nitrogens with two attached hydrogens (primary N) is 1. The lowest BCUT2D eigenvalue weighted by molar-refractivity contribution is 0.0768. The van der Waals surface area contributed by atoms with E-state index in [9.17, 15) is 8.42 Å². The lowest BCUT2D eigenvalue weighted by atomic mass is 9.94. The van der Waals surface area contributed by atoms with Crippen LogP contribution >= 0.6 is 11.8 Å². The first kappa shape index (κ1) is 13.6. The average molecular weight is 278 g/mol. The van der Waals surface area contributed by atoms with Gasteiger partial charge in [0.05, 0.1) is 11.5 Å². The molecule has 17 heavy (non-hydrogen) atoms. The van der Waals surface area contributed by atoms with Crippen molar-refractivity contribution in [2.45, 2.75) is 37.1 Å². The molecule has 4 nitrogen and oxygen atoms in total. The van der Waals surface area contributed by atoms with E-state index in [1.165, 1.54) is 0 Å². The van der Waals surface area contributed by atoms with Crippen molar-refractivity contribution in [1.82, 2.24) is 4.90 Å².